The Balaban J connectivity index is 1.75. The summed E-state index contributed by atoms with van der Waals surface area (Å²) in [5.74, 6) is -1.01. The van der Waals surface area contributed by atoms with Crippen molar-refractivity contribution in [3.05, 3.63) is 65.7 Å². The second kappa shape index (κ2) is 9.96. The molecular formula is C20H22N2O5. The van der Waals surface area contributed by atoms with Gasteiger partial charge >= 0.3 is 5.97 Å². The minimum atomic E-state index is -0.963. The Hall–Kier alpha value is -3.35. The van der Waals surface area contributed by atoms with E-state index in [-0.39, 0.29) is 6.54 Å². The second-order valence-electron chi connectivity index (χ2n) is 5.75. The third-order valence-corrected chi connectivity index (χ3v) is 3.71. The van der Waals surface area contributed by atoms with Gasteiger partial charge in [0.05, 0.1) is 7.11 Å². The molecule has 0 saturated carbocycles. The van der Waals surface area contributed by atoms with Crippen LogP contribution in [0.15, 0.2) is 54.6 Å². The van der Waals surface area contributed by atoms with Crippen LogP contribution in [0, 0.1) is 0 Å². The van der Waals surface area contributed by atoms with Gasteiger partial charge in [-0.05, 0) is 30.7 Å². The summed E-state index contributed by atoms with van der Waals surface area (Å²) in [7, 11) is 1.50. The van der Waals surface area contributed by atoms with Crippen molar-refractivity contribution in [3.8, 4) is 5.75 Å². The van der Waals surface area contributed by atoms with Gasteiger partial charge in [-0.3, -0.25) is 14.4 Å². The van der Waals surface area contributed by atoms with Crippen LogP contribution in [0.4, 0.5) is 0 Å². The summed E-state index contributed by atoms with van der Waals surface area (Å²) in [6.07, 6.45) is -0.963. The summed E-state index contributed by atoms with van der Waals surface area (Å²) in [6, 6.07) is 15.9. The van der Waals surface area contributed by atoms with Gasteiger partial charge in [0.1, 0.15) is 12.3 Å². The Labute approximate surface area is 157 Å². The fraction of sp³-hybridized carbons (Fsp3) is 0.250. The lowest BCUT2D eigenvalue weighted by Crippen LogP contribution is -2.38. The average Bonchev–Trinajstić information content (AvgIpc) is 2.70. The lowest BCUT2D eigenvalue weighted by atomic mass is 10.2. The summed E-state index contributed by atoms with van der Waals surface area (Å²) in [4.78, 5) is 35.9. The number of rotatable bonds is 8. The predicted molar refractivity (Wildman–Crippen MR) is 99.2 cm³/mol. The van der Waals surface area contributed by atoms with Crippen molar-refractivity contribution in [1.29, 1.82) is 0 Å². The number of ether oxygens (including phenoxy) is 2. The van der Waals surface area contributed by atoms with Gasteiger partial charge in [0, 0.05) is 12.1 Å². The molecule has 0 aliphatic rings. The van der Waals surface area contributed by atoms with E-state index in [1.54, 1.807) is 24.3 Å². The third kappa shape index (κ3) is 6.47. The van der Waals surface area contributed by atoms with Crippen molar-refractivity contribution in [2.75, 3.05) is 13.7 Å². The average molecular weight is 370 g/mol. The van der Waals surface area contributed by atoms with Gasteiger partial charge in [0.15, 0.2) is 6.10 Å². The third-order valence-electron chi connectivity index (χ3n) is 3.71. The molecule has 0 heterocycles. The van der Waals surface area contributed by atoms with Crippen LogP contribution in [0.5, 0.6) is 5.75 Å². The lowest BCUT2D eigenvalue weighted by Gasteiger charge is -2.14. The molecule has 0 saturated heterocycles. The van der Waals surface area contributed by atoms with E-state index in [1.807, 2.05) is 30.3 Å². The number of hydrogen-bond acceptors (Lipinski definition) is 5. The lowest BCUT2D eigenvalue weighted by molar-refractivity contribution is -0.153. The summed E-state index contributed by atoms with van der Waals surface area (Å²) in [5, 5.41) is 5.14. The molecule has 7 heteroatoms. The summed E-state index contributed by atoms with van der Waals surface area (Å²) < 4.78 is 10.1. The first-order valence-corrected chi connectivity index (χ1v) is 8.43. The first-order valence-electron chi connectivity index (χ1n) is 8.43. The maximum absolute atomic E-state index is 12.0. The number of amides is 2. The number of esters is 1. The zero-order valence-corrected chi connectivity index (χ0v) is 15.2. The van der Waals surface area contributed by atoms with E-state index in [0.29, 0.717) is 17.9 Å². The standard InChI is InChI=1S/C20H22N2O5/c1-14(19(24)21-12-15-7-4-3-5-8-15)27-18(23)13-22-20(25)16-9-6-10-17(11-16)26-2/h3-11,14H,12-13H2,1-2H3,(H,21,24)(H,22,25)/t14-/m0/s1. The quantitative estimate of drug-likeness (QED) is 0.690. The van der Waals surface area contributed by atoms with Gasteiger partial charge in [0.25, 0.3) is 11.8 Å². The molecule has 2 aromatic carbocycles. The summed E-state index contributed by atoms with van der Waals surface area (Å²) in [6.45, 7) is 1.47. The first-order chi connectivity index (χ1) is 13.0. The number of nitrogens with one attached hydrogen (secondary N) is 2. The van der Waals surface area contributed by atoms with Gasteiger partial charge in [-0.25, -0.2) is 0 Å². The first kappa shape index (κ1) is 20.0. The van der Waals surface area contributed by atoms with Crippen molar-refractivity contribution in [2.24, 2.45) is 0 Å². The highest BCUT2D eigenvalue weighted by molar-refractivity contribution is 5.96. The van der Waals surface area contributed by atoms with Gasteiger partial charge < -0.3 is 20.1 Å². The van der Waals surface area contributed by atoms with Gasteiger partial charge in [-0.15, -0.1) is 0 Å². The maximum Gasteiger partial charge on any atom is 0.326 e. The van der Waals surface area contributed by atoms with Crippen LogP contribution < -0.4 is 15.4 Å². The maximum atomic E-state index is 12.0. The second-order valence-corrected chi connectivity index (χ2v) is 5.75. The molecular weight excluding hydrogens is 348 g/mol. The molecule has 1 atom stereocenters. The van der Waals surface area contributed by atoms with Gasteiger partial charge in [-0.1, -0.05) is 36.4 Å². The molecule has 0 spiro atoms. The van der Waals surface area contributed by atoms with E-state index < -0.39 is 23.9 Å². The molecule has 0 fully saturated rings. The highest BCUT2D eigenvalue weighted by atomic mass is 16.5. The van der Waals surface area contributed by atoms with Crippen molar-refractivity contribution < 1.29 is 23.9 Å². The van der Waals surface area contributed by atoms with Crippen molar-refractivity contribution in [1.82, 2.24) is 10.6 Å². The van der Waals surface area contributed by atoms with Crippen LogP contribution in [0.25, 0.3) is 0 Å². The molecule has 7 nitrogen and oxygen atoms in total. The number of carbonyl (C=O) groups excluding carboxylic acids is 3. The van der Waals surface area contributed by atoms with Gasteiger partial charge in [0.2, 0.25) is 0 Å². The van der Waals surface area contributed by atoms with E-state index in [2.05, 4.69) is 10.6 Å². The van der Waals surface area contributed by atoms with E-state index in [4.69, 9.17) is 9.47 Å². The van der Waals surface area contributed by atoms with Crippen molar-refractivity contribution >= 4 is 17.8 Å². The van der Waals surface area contributed by atoms with Crippen LogP contribution in [0.3, 0.4) is 0 Å². The number of benzene rings is 2. The van der Waals surface area contributed by atoms with Crippen LogP contribution in [0.2, 0.25) is 0 Å². The van der Waals surface area contributed by atoms with E-state index in [1.165, 1.54) is 14.0 Å². The molecule has 142 valence electrons. The Bertz CT molecular complexity index is 792. The minimum Gasteiger partial charge on any atom is -0.497 e. The molecule has 27 heavy (non-hydrogen) atoms. The van der Waals surface area contributed by atoms with Crippen molar-refractivity contribution in [3.63, 3.8) is 0 Å². The molecule has 2 N–H and O–H groups in total. The minimum absolute atomic E-state index is 0.341. The monoisotopic (exact) mass is 370 g/mol. The zero-order valence-electron chi connectivity index (χ0n) is 15.2. The van der Waals surface area contributed by atoms with Crippen molar-refractivity contribution in [2.45, 2.75) is 19.6 Å². The smallest absolute Gasteiger partial charge is 0.326 e. The Kier molecular flexibility index (Phi) is 7.37. The molecule has 2 rings (SSSR count). The summed E-state index contributed by atoms with van der Waals surface area (Å²) >= 11 is 0. The topological polar surface area (TPSA) is 93.7 Å². The molecule has 0 aliphatic carbocycles. The molecule has 0 radical (unpaired) electrons. The predicted octanol–water partition coefficient (Wildman–Crippen LogP) is 1.67. The number of hydrogen-bond donors (Lipinski definition) is 2. The number of methoxy groups -OCH3 is 1. The van der Waals surface area contributed by atoms with E-state index in [9.17, 15) is 14.4 Å². The Morgan fingerprint density at radius 3 is 2.44 bits per heavy atom. The summed E-state index contributed by atoms with van der Waals surface area (Å²) in [5.41, 5.74) is 1.30. The molecule has 0 unspecified atom stereocenters. The molecule has 0 aromatic heterocycles. The highest BCUT2D eigenvalue weighted by Crippen LogP contribution is 2.12. The SMILES string of the molecule is COc1cccc(C(=O)NCC(=O)O[C@@H](C)C(=O)NCc2ccccc2)c1. The van der Waals surface area contributed by atoms with E-state index >= 15 is 0 Å². The molecule has 2 aromatic rings. The molecule has 0 bridgehead atoms. The van der Waals surface area contributed by atoms with Crippen LogP contribution in [-0.4, -0.2) is 37.5 Å². The highest BCUT2D eigenvalue weighted by Gasteiger charge is 2.18. The zero-order chi connectivity index (χ0) is 19.6. The van der Waals surface area contributed by atoms with E-state index in [0.717, 1.165) is 5.56 Å². The number of carbonyl (C=O) groups is 3. The largest absolute Gasteiger partial charge is 0.497 e. The molecule has 2 amide bonds. The fourth-order valence-corrected chi connectivity index (χ4v) is 2.24. The van der Waals surface area contributed by atoms with Crippen LogP contribution in [0.1, 0.15) is 22.8 Å². The van der Waals surface area contributed by atoms with Crippen LogP contribution in [-0.2, 0) is 20.9 Å². The fourth-order valence-electron chi connectivity index (χ4n) is 2.24. The van der Waals surface area contributed by atoms with Gasteiger partial charge in [-0.2, -0.15) is 0 Å². The Morgan fingerprint density at radius 2 is 1.74 bits per heavy atom. The molecule has 0 aliphatic heterocycles. The van der Waals surface area contributed by atoms with Crippen LogP contribution >= 0.6 is 0 Å². The Morgan fingerprint density at radius 1 is 1.00 bits per heavy atom. The normalized spacial score (nSPS) is 11.2.